The molecule has 0 rings (SSSR count). The van der Waals surface area contributed by atoms with Gasteiger partial charge in [0.05, 0.1) is 0 Å². The first-order chi connectivity index (χ1) is 10.3. The Labute approximate surface area is 181 Å². The summed E-state index contributed by atoms with van der Waals surface area (Å²) >= 11 is 0. The zero-order chi connectivity index (χ0) is 19.7. The zero-order valence-corrected chi connectivity index (χ0v) is 23.1. The third-order valence-electron chi connectivity index (χ3n) is 1.41. The van der Waals surface area contributed by atoms with Gasteiger partial charge in [0.1, 0.15) is 0 Å². The molecule has 0 fully saturated rings. The summed E-state index contributed by atoms with van der Waals surface area (Å²) in [7, 11) is 0.444. The number of nitrogens with zero attached hydrogens (tertiary/aromatic N) is 4. The standard InChI is InChI=1S/2C5H14P2.4CN.Ni.Pt/c2*1-6(2)5-7(3)4;4*1-2;;/h2*5H2,1-4H3;;;;;;/q;;4*-1;;/p+4. The summed E-state index contributed by atoms with van der Waals surface area (Å²) in [6.45, 7) is 38.1. The molecule has 0 radical (unpaired) electrons. The van der Waals surface area contributed by atoms with Crippen LogP contribution >= 0.6 is 31.7 Å². The molecule has 4 nitrogen and oxygen atoms in total. The van der Waals surface area contributed by atoms with Gasteiger partial charge in [-0.25, -0.2) is 0 Å². The van der Waals surface area contributed by atoms with Gasteiger partial charge in [-0.15, -0.1) is 0 Å². The Morgan fingerprint density at radius 2 is 0.542 bits per heavy atom. The molecule has 0 aromatic carbocycles. The largest absolute Gasteiger partial charge is 0.512 e. The van der Waals surface area contributed by atoms with Crippen LogP contribution in [-0.2, 0) is 37.6 Å². The van der Waals surface area contributed by atoms with Crippen LogP contribution in [0.15, 0.2) is 0 Å². The van der Waals surface area contributed by atoms with Crippen molar-refractivity contribution in [3.8, 4) is 0 Å². The van der Waals surface area contributed by atoms with E-state index in [-0.39, 0.29) is 69.2 Å². The van der Waals surface area contributed by atoms with Crippen molar-refractivity contribution in [2.45, 2.75) is 0 Å². The molecular formula is C14H32N4NiP4Pt. The summed E-state index contributed by atoms with van der Waals surface area (Å²) in [5.41, 5.74) is 0. The molecule has 0 aliphatic heterocycles. The van der Waals surface area contributed by atoms with Crippen molar-refractivity contribution >= 4 is 31.7 Å². The van der Waals surface area contributed by atoms with E-state index < -0.39 is 0 Å². The second kappa shape index (κ2) is 56.5. The van der Waals surface area contributed by atoms with Gasteiger partial charge in [-0.2, -0.15) is 0 Å². The Bertz CT molecular complexity index is 208. The van der Waals surface area contributed by atoms with Crippen LogP contribution in [0.4, 0.5) is 0 Å². The third-order valence-corrected chi connectivity index (χ3v) is 12.7. The Balaban J connectivity index is -0.0000000237. The van der Waals surface area contributed by atoms with Crippen LogP contribution in [0.25, 0.3) is 0 Å². The van der Waals surface area contributed by atoms with E-state index in [1.807, 2.05) is 0 Å². The summed E-state index contributed by atoms with van der Waals surface area (Å²) in [5, 5.41) is 25.0. The number of rotatable bonds is 4. The van der Waals surface area contributed by atoms with Crippen molar-refractivity contribution in [3.63, 3.8) is 0 Å². The first-order valence-corrected chi connectivity index (χ1v) is 17.1. The quantitative estimate of drug-likeness (QED) is 0.264. The molecule has 0 amide bonds. The van der Waals surface area contributed by atoms with Gasteiger partial charge in [-0.05, 0) is 0 Å². The van der Waals surface area contributed by atoms with Crippen LogP contribution in [0.3, 0.4) is 0 Å². The summed E-state index contributed by atoms with van der Waals surface area (Å²) < 4.78 is 0. The Kier molecular flexibility index (Phi) is 117. The summed E-state index contributed by atoms with van der Waals surface area (Å²) in [6.07, 6.45) is 0. The molecule has 0 spiro atoms. The van der Waals surface area contributed by atoms with Crippen molar-refractivity contribution in [2.24, 2.45) is 0 Å². The average molecular weight is 634 g/mol. The van der Waals surface area contributed by atoms with Crippen LogP contribution in [0, 0.1) is 47.3 Å². The van der Waals surface area contributed by atoms with Gasteiger partial charge >= 0.3 is 0 Å². The smallest absolute Gasteiger partial charge is 0.154 e. The van der Waals surface area contributed by atoms with E-state index in [9.17, 15) is 0 Å². The maximum Gasteiger partial charge on any atom is 0.154 e. The fourth-order valence-electron chi connectivity index (χ4n) is 1.41. The second-order valence-corrected chi connectivity index (χ2v) is 17.7. The molecule has 0 heterocycles. The van der Waals surface area contributed by atoms with E-state index in [1.54, 1.807) is 11.8 Å². The van der Waals surface area contributed by atoms with E-state index in [0.717, 1.165) is 0 Å². The normalized spacial score (nSPS) is 6.83. The van der Waals surface area contributed by atoms with Gasteiger partial charge < -0.3 is 47.3 Å². The molecular weight excluding hydrogens is 602 g/mol. The molecule has 0 aliphatic carbocycles. The Morgan fingerprint density at radius 3 is 0.542 bits per heavy atom. The third kappa shape index (κ3) is 139. The molecule has 10 heteroatoms. The molecule has 0 aliphatic rings. The van der Waals surface area contributed by atoms with Gasteiger partial charge in [-0.1, -0.05) is 0 Å². The van der Waals surface area contributed by atoms with Crippen LogP contribution < -0.4 is 0 Å². The van der Waals surface area contributed by atoms with E-state index in [4.69, 9.17) is 47.3 Å². The topological polar surface area (TPSA) is 95.2 Å². The van der Waals surface area contributed by atoms with Crippen LogP contribution in [0.2, 0.25) is 0 Å². The predicted molar refractivity (Wildman–Crippen MR) is 110 cm³/mol. The monoisotopic (exact) mass is 633 g/mol. The fraction of sp³-hybridized carbons (Fsp3) is 0.714. The van der Waals surface area contributed by atoms with Crippen molar-refractivity contribution in [2.75, 3.05) is 65.1 Å². The zero-order valence-electron chi connectivity index (χ0n) is 15.8. The second-order valence-electron chi connectivity index (χ2n) is 5.18. The van der Waals surface area contributed by atoms with Crippen molar-refractivity contribution in [1.29, 1.82) is 21.0 Å². The van der Waals surface area contributed by atoms with Crippen molar-refractivity contribution in [1.82, 2.24) is 0 Å². The SMILES string of the molecule is C[PH+](C)C[PH+](C)C.C[PH+](C)C[PH+](C)C.[C-]#N.[C-]#N.[C-]#N.[C-]#N.[Ni].[Pt]. The fourth-order valence-corrected chi connectivity index (χ4v) is 12.7. The molecule has 0 aromatic heterocycles. The van der Waals surface area contributed by atoms with E-state index >= 15 is 0 Å². The predicted octanol–water partition coefficient (Wildman–Crippen LogP) is 4.16. The molecule has 0 aromatic rings. The van der Waals surface area contributed by atoms with Gasteiger partial charge in [0.25, 0.3) is 0 Å². The first kappa shape index (κ1) is 49.8. The molecule has 0 unspecified atom stereocenters. The number of hydrogen-bond acceptors (Lipinski definition) is 4. The molecule has 0 bridgehead atoms. The minimum absolute atomic E-state index is 0. The van der Waals surface area contributed by atoms with Crippen LogP contribution in [0.1, 0.15) is 0 Å². The van der Waals surface area contributed by atoms with E-state index in [1.165, 1.54) is 0 Å². The number of hydrogen-bond donors (Lipinski definition) is 0. The minimum atomic E-state index is 0. The summed E-state index contributed by atoms with van der Waals surface area (Å²) in [6, 6.07) is 0. The van der Waals surface area contributed by atoms with Gasteiger partial charge in [0, 0.05) is 123 Å². The van der Waals surface area contributed by atoms with Gasteiger partial charge in [-0.3, -0.25) is 0 Å². The molecule has 0 saturated carbocycles. The van der Waals surface area contributed by atoms with Crippen molar-refractivity contribution in [3.05, 3.63) is 26.3 Å². The Hall–Kier alpha value is 0.862. The molecule has 0 atom stereocenters. The van der Waals surface area contributed by atoms with E-state index in [2.05, 4.69) is 53.3 Å². The van der Waals surface area contributed by atoms with Gasteiger partial charge in [0.2, 0.25) is 0 Å². The van der Waals surface area contributed by atoms with Crippen LogP contribution in [-0.4, -0.2) is 65.1 Å². The van der Waals surface area contributed by atoms with E-state index in [0.29, 0.717) is 0 Å². The van der Waals surface area contributed by atoms with Crippen LogP contribution in [0.5, 0.6) is 0 Å². The minimum Gasteiger partial charge on any atom is -0.512 e. The molecule has 0 saturated heterocycles. The van der Waals surface area contributed by atoms with Gasteiger partial charge in [0.15, 0.2) is 11.8 Å². The molecule has 24 heavy (non-hydrogen) atoms. The average Bonchev–Trinajstić information content (AvgIpc) is 2.45. The molecule has 148 valence electrons. The summed E-state index contributed by atoms with van der Waals surface area (Å²) in [5.74, 6) is 3.13. The Morgan fingerprint density at radius 1 is 0.458 bits per heavy atom. The molecule has 0 N–H and O–H groups in total. The maximum absolute atomic E-state index is 6.25. The first-order valence-electron chi connectivity index (χ1n) is 6.31. The summed E-state index contributed by atoms with van der Waals surface area (Å²) in [4.78, 5) is 0. The van der Waals surface area contributed by atoms with Crippen molar-refractivity contribution < 1.29 is 37.6 Å². The maximum atomic E-state index is 6.25.